The van der Waals surface area contributed by atoms with Gasteiger partial charge in [0.2, 0.25) is 11.7 Å². The number of morpholine rings is 1. The molecule has 9 heteroatoms. The lowest BCUT2D eigenvalue weighted by Crippen LogP contribution is -2.54. The van der Waals surface area contributed by atoms with Gasteiger partial charge in [0.05, 0.1) is 24.4 Å². The van der Waals surface area contributed by atoms with Gasteiger partial charge in [-0.1, -0.05) is 17.3 Å². The van der Waals surface area contributed by atoms with E-state index in [1.54, 1.807) is 0 Å². The van der Waals surface area contributed by atoms with Crippen molar-refractivity contribution in [1.82, 2.24) is 29.7 Å². The van der Waals surface area contributed by atoms with Crippen molar-refractivity contribution in [1.29, 1.82) is 0 Å². The van der Waals surface area contributed by atoms with E-state index in [0.29, 0.717) is 24.9 Å². The average Bonchev–Trinajstić information content (AvgIpc) is 3.39. The van der Waals surface area contributed by atoms with Crippen LogP contribution in [0, 0.1) is 6.92 Å². The summed E-state index contributed by atoms with van der Waals surface area (Å²) in [5.74, 6) is 1.52. The zero-order chi connectivity index (χ0) is 20.7. The molecular weight excluding hydrogens is 384 g/mol. The van der Waals surface area contributed by atoms with Gasteiger partial charge in [-0.3, -0.25) is 14.5 Å². The first-order valence-electron chi connectivity index (χ1n) is 10.6. The van der Waals surface area contributed by atoms with Crippen molar-refractivity contribution < 1.29 is 14.4 Å². The number of aliphatic hydroxyl groups excluding tert-OH is 1. The molecule has 0 saturated carbocycles. The van der Waals surface area contributed by atoms with Crippen molar-refractivity contribution in [2.75, 3.05) is 39.4 Å². The monoisotopic (exact) mass is 412 g/mol. The molecule has 1 aromatic carbocycles. The molecular formula is C21H28N6O3. The first-order valence-corrected chi connectivity index (χ1v) is 10.6. The molecule has 2 aliphatic heterocycles. The first-order chi connectivity index (χ1) is 14.6. The lowest BCUT2D eigenvalue weighted by Gasteiger charge is -2.40. The molecule has 9 nitrogen and oxygen atoms in total. The number of nitrogens with zero attached hydrogens (tertiary/aromatic N) is 6. The van der Waals surface area contributed by atoms with Crippen molar-refractivity contribution in [3.05, 3.63) is 29.8 Å². The van der Waals surface area contributed by atoms with E-state index >= 15 is 0 Å². The van der Waals surface area contributed by atoms with Gasteiger partial charge in [0.25, 0.3) is 0 Å². The van der Waals surface area contributed by atoms with Crippen LogP contribution in [0.1, 0.15) is 30.3 Å². The molecule has 1 atom stereocenters. The highest BCUT2D eigenvalue weighted by Gasteiger charge is 2.31. The second-order valence-corrected chi connectivity index (χ2v) is 8.20. The van der Waals surface area contributed by atoms with Gasteiger partial charge in [0.15, 0.2) is 6.35 Å². The Hall–Kier alpha value is -2.33. The number of aromatic nitrogens is 4. The van der Waals surface area contributed by atoms with Crippen LogP contribution in [-0.2, 0) is 11.8 Å². The Bertz CT molecular complexity index is 1020. The molecule has 0 spiro atoms. The van der Waals surface area contributed by atoms with E-state index in [1.807, 2.05) is 24.7 Å². The van der Waals surface area contributed by atoms with E-state index in [9.17, 15) is 5.11 Å². The van der Waals surface area contributed by atoms with Crippen LogP contribution >= 0.6 is 0 Å². The molecule has 2 aromatic heterocycles. The number of benzene rings is 1. The summed E-state index contributed by atoms with van der Waals surface area (Å²) in [5.41, 5.74) is 3.00. The zero-order valence-corrected chi connectivity index (χ0v) is 17.5. The number of hydrogen-bond donors (Lipinski definition) is 1. The van der Waals surface area contributed by atoms with Gasteiger partial charge in [-0.2, -0.15) is 10.1 Å². The third-order valence-corrected chi connectivity index (χ3v) is 6.31. The smallest absolute Gasteiger partial charge is 0.230 e. The maximum absolute atomic E-state index is 10.7. The standard InChI is InChI=1S/C21H28N6O3/c1-14-17-4-3-16(13-18(17)25(2)23-14)19-22-20(30-24-19)15-5-7-26(8-6-15)21(28)27-9-11-29-12-10-27/h3-4,13,15,21,28H,5-12H2,1-2H3. The fourth-order valence-corrected chi connectivity index (χ4v) is 4.51. The topological polar surface area (TPSA) is 92.7 Å². The highest BCUT2D eigenvalue weighted by molar-refractivity contribution is 5.85. The Kier molecular flexibility index (Phi) is 5.28. The molecule has 2 aliphatic rings. The Balaban J connectivity index is 1.26. The van der Waals surface area contributed by atoms with E-state index in [0.717, 1.165) is 61.2 Å². The van der Waals surface area contributed by atoms with E-state index in [1.165, 1.54) is 0 Å². The number of aliphatic hydroxyl groups is 1. The minimum atomic E-state index is -0.540. The van der Waals surface area contributed by atoms with Crippen LogP contribution in [0.4, 0.5) is 0 Å². The Morgan fingerprint density at radius 2 is 1.83 bits per heavy atom. The van der Waals surface area contributed by atoms with E-state index < -0.39 is 6.35 Å². The van der Waals surface area contributed by atoms with Gasteiger partial charge in [-0.05, 0) is 25.8 Å². The Morgan fingerprint density at radius 1 is 1.10 bits per heavy atom. The number of ether oxygens (including phenoxy) is 1. The van der Waals surface area contributed by atoms with Crippen molar-refractivity contribution in [3.8, 4) is 11.4 Å². The summed E-state index contributed by atoms with van der Waals surface area (Å²) in [6, 6.07) is 6.15. The van der Waals surface area contributed by atoms with Gasteiger partial charge >= 0.3 is 0 Å². The predicted octanol–water partition coefficient (Wildman–Crippen LogP) is 1.72. The van der Waals surface area contributed by atoms with Gasteiger partial charge in [-0.15, -0.1) is 0 Å². The maximum atomic E-state index is 10.7. The third-order valence-electron chi connectivity index (χ3n) is 6.31. The fourth-order valence-electron chi connectivity index (χ4n) is 4.51. The molecule has 0 amide bonds. The predicted molar refractivity (Wildman–Crippen MR) is 111 cm³/mol. The summed E-state index contributed by atoms with van der Waals surface area (Å²) in [5, 5.41) is 20.5. The summed E-state index contributed by atoms with van der Waals surface area (Å²) in [6.07, 6.45) is 1.24. The van der Waals surface area contributed by atoms with Crippen molar-refractivity contribution in [2.45, 2.75) is 32.0 Å². The number of likely N-dealkylation sites (tertiary alicyclic amines) is 1. The number of piperidine rings is 1. The molecule has 4 heterocycles. The fraction of sp³-hybridized carbons (Fsp3) is 0.571. The minimum absolute atomic E-state index is 0.224. The summed E-state index contributed by atoms with van der Waals surface area (Å²) in [7, 11) is 1.94. The van der Waals surface area contributed by atoms with Crippen LogP contribution in [0.15, 0.2) is 22.7 Å². The molecule has 1 unspecified atom stereocenters. The minimum Gasteiger partial charge on any atom is -0.379 e. The summed E-state index contributed by atoms with van der Waals surface area (Å²) >= 11 is 0. The second-order valence-electron chi connectivity index (χ2n) is 8.20. The van der Waals surface area contributed by atoms with Crippen molar-refractivity contribution in [2.24, 2.45) is 7.05 Å². The molecule has 5 rings (SSSR count). The largest absolute Gasteiger partial charge is 0.379 e. The van der Waals surface area contributed by atoms with Gasteiger partial charge in [-0.25, -0.2) is 0 Å². The normalized spacial score (nSPS) is 20.8. The quantitative estimate of drug-likeness (QED) is 0.693. The zero-order valence-electron chi connectivity index (χ0n) is 17.5. The van der Waals surface area contributed by atoms with Crippen LogP contribution in [0.25, 0.3) is 22.3 Å². The molecule has 0 radical (unpaired) electrons. The molecule has 160 valence electrons. The molecule has 1 N–H and O–H groups in total. The number of aryl methyl sites for hydroxylation is 2. The molecule has 30 heavy (non-hydrogen) atoms. The van der Waals surface area contributed by atoms with Crippen LogP contribution < -0.4 is 0 Å². The van der Waals surface area contributed by atoms with Crippen molar-refractivity contribution >= 4 is 10.9 Å². The van der Waals surface area contributed by atoms with E-state index in [4.69, 9.17) is 14.2 Å². The first kappa shape index (κ1) is 19.6. The maximum Gasteiger partial charge on any atom is 0.230 e. The third kappa shape index (κ3) is 3.62. The molecule has 0 aliphatic carbocycles. The van der Waals surface area contributed by atoms with Gasteiger partial charge in [0, 0.05) is 50.1 Å². The molecule has 2 saturated heterocycles. The molecule has 3 aromatic rings. The van der Waals surface area contributed by atoms with Gasteiger partial charge in [0.1, 0.15) is 0 Å². The molecule has 2 fully saturated rings. The SMILES string of the molecule is Cc1nn(C)c2cc(-c3noc(C4CCN(C(O)N5CCOCC5)CC4)n3)ccc12. The highest BCUT2D eigenvalue weighted by Crippen LogP contribution is 2.30. The molecule has 0 bridgehead atoms. The number of hydrogen-bond acceptors (Lipinski definition) is 8. The van der Waals surface area contributed by atoms with Crippen LogP contribution in [-0.4, -0.2) is 80.6 Å². The lowest BCUT2D eigenvalue weighted by molar-refractivity contribution is -0.145. The Labute approximate surface area is 175 Å². The van der Waals surface area contributed by atoms with E-state index in [2.05, 4.69) is 32.2 Å². The lowest BCUT2D eigenvalue weighted by atomic mass is 9.97. The highest BCUT2D eigenvalue weighted by atomic mass is 16.5. The van der Waals surface area contributed by atoms with Crippen LogP contribution in [0.5, 0.6) is 0 Å². The van der Waals surface area contributed by atoms with E-state index in [-0.39, 0.29) is 5.92 Å². The number of fused-ring (bicyclic) bond motifs is 1. The van der Waals surface area contributed by atoms with Gasteiger partial charge < -0.3 is 14.4 Å². The average molecular weight is 412 g/mol. The summed E-state index contributed by atoms with van der Waals surface area (Å²) in [6.45, 7) is 6.54. The van der Waals surface area contributed by atoms with Crippen LogP contribution in [0.2, 0.25) is 0 Å². The van der Waals surface area contributed by atoms with Crippen LogP contribution in [0.3, 0.4) is 0 Å². The Morgan fingerprint density at radius 3 is 2.60 bits per heavy atom. The summed E-state index contributed by atoms with van der Waals surface area (Å²) < 4.78 is 12.9. The summed E-state index contributed by atoms with van der Waals surface area (Å²) in [4.78, 5) is 8.89. The number of rotatable bonds is 4. The second kappa shape index (κ2) is 8.07. The van der Waals surface area contributed by atoms with Crippen molar-refractivity contribution in [3.63, 3.8) is 0 Å².